The van der Waals surface area contributed by atoms with Crippen molar-refractivity contribution in [2.45, 2.75) is 39.5 Å². The summed E-state index contributed by atoms with van der Waals surface area (Å²) in [6, 6.07) is 8.31. The van der Waals surface area contributed by atoms with Crippen LogP contribution in [0, 0.1) is 12.8 Å². The number of amides is 2. The maximum absolute atomic E-state index is 12.5. The predicted octanol–water partition coefficient (Wildman–Crippen LogP) is 2.47. The second-order valence-electron chi connectivity index (χ2n) is 6.07. The Labute approximate surface area is 132 Å². The first-order chi connectivity index (χ1) is 10.6. The molecule has 2 rings (SSSR count). The van der Waals surface area contributed by atoms with Crippen molar-refractivity contribution in [3.63, 3.8) is 0 Å². The molecule has 120 valence electrons. The first-order valence-electron chi connectivity index (χ1n) is 8.18. The van der Waals surface area contributed by atoms with E-state index in [9.17, 15) is 9.59 Å². The third-order valence-electron chi connectivity index (χ3n) is 4.37. The number of hydrogen-bond acceptors (Lipinski definition) is 2. The summed E-state index contributed by atoms with van der Waals surface area (Å²) >= 11 is 0. The largest absolute Gasteiger partial charge is 0.356 e. The molecule has 1 saturated heterocycles. The normalized spacial score (nSPS) is 21.0. The second kappa shape index (κ2) is 7.43. The summed E-state index contributed by atoms with van der Waals surface area (Å²) in [7, 11) is 0. The van der Waals surface area contributed by atoms with E-state index in [0.717, 1.165) is 12.0 Å². The Kier molecular flexibility index (Phi) is 5.58. The molecule has 4 nitrogen and oxygen atoms in total. The van der Waals surface area contributed by atoms with Gasteiger partial charge in [0.25, 0.3) is 0 Å². The molecule has 2 atom stereocenters. The average Bonchev–Trinajstić information content (AvgIpc) is 2.97. The van der Waals surface area contributed by atoms with Crippen LogP contribution in [0.1, 0.15) is 43.7 Å². The molecule has 1 N–H and O–H groups in total. The van der Waals surface area contributed by atoms with Crippen molar-refractivity contribution in [3.8, 4) is 0 Å². The van der Waals surface area contributed by atoms with Crippen LogP contribution in [0.25, 0.3) is 0 Å². The van der Waals surface area contributed by atoms with Crippen LogP contribution in [0.4, 0.5) is 0 Å². The van der Waals surface area contributed by atoms with Gasteiger partial charge in [0.2, 0.25) is 11.8 Å². The topological polar surface area (TPSA) is 49.4 Å². The van der Waals surface area contributed by atoms with Gasteiger partial charge in [-0.3, -0.25) is 9.59 Å². The van der Waals surface area contributed by atoms with E-state index in [4.69, 9.17) is 0 Å². The molecule has 0 bridgehead atoms. The summed E-state index contributed by atoms with van der Waals surface area (Å²) in [6.45, 7) is 7.82. The van der Waals surface area contributed by atoms with E-state index in [1.807, 2.05) is 18.7 Å². The van der Waals surface area contributed by atoms with Crippen LogP contribution in [0.3, 0.4) is 0 Å². The van der Waals surface area contributed by atoms with Crippen LogP contribution < -0.4 is 5.32 Å². The number of rotatable bonds is 5. The third-order valence-corrected chi connectivity index (χ3v) is 4.37. The molecule has 2 unspecified atom stereocenters. The zero-order valence-electron chi connectivity index (χ0n) is 13.8. The zero-order chi connectivity index (χ0) is 16.1. The van der Waals surface area contributed by atoms with Crippen molar-refractivity contribution < 1.29 is 9.59 Å². The molecule has 4 heteroatoms. The van der Waals surface area contributed by atoms with Gasteiger partial charge in [-0.1, -0.05) is 43.7 Å². The Hall–Kier alpha value is -1.84. The van der Waals surface area contributed by atoms with Gasteiger partial charge >= 0.3 is 0 Å². The number of carbonyl (C=O) groups excluding carboxylic acids is 2. The maximum Gasteiger partial charge on any atom is 0.225 e. The molecule has 0 aromatic heterocycles. The molecule has 2 amide bonds. The fraction of sp³-hybridized carbons (Fsp3) is 0.556. The molecule has 1 aliphatic rings. The van der Waals surface area contributed by atoms with E-state index < -0.39 is 0 Å². The molecule has 1 fully saturated rings. The molecule has 0 saturated carbocycles. The van der Waals surface area contributed by atoms with Crippen molar-refractivity contribution in [1.29, 1.82) is 0 Å². The van der Waals surface area contributed by atoms with Crippen molar-refractivity contribution in [2.75, 3.05) is 19.6 Å². The minimum atomic E-state index is -0.148. The van der Waals surface area contributed by atoms with E-state index in [1.165, 1.54) is 5.56 Å². The number of hydrogen-bond donors (Lipinski definition) is 1. The van der Waals surface area contributed by atoms with Gasteiger partial charge in [0.05, 0.1) is 5.92 Å². The lowest BCUT2D eigenvalue weighted by Gasteiger charge is -2.18. The highest BCUT2D eigenvalue weighted by Crippen LogP contribution is 2.33. The second-order valence-corrected chi connectivity index (χ2v) is 6.07. The average molecular weight is 302 g/mol. The summed E-state index contributed by atoms with van der Waals surface area (Å²) < 4.78 is 0. The number of nitrogens with one attached hydrogen (secondary N) is 1. The van der Waals surface area contributed by atoms with Crippen LogP contribution in [0.5, 0.6) is 0 Å². The molecular weight excluding hydrogens is 276 g/mol. The fourth-order valence-electron chi connectivity index (χ4n) is 3.03. The van der Waals surface area contributed by atoms with Gasteiger partial charge in [-0.05, 0) is 18.9 Å². The summed E-state index contributed by atoms with van der Waals surface area (Å²) in [5.41, 5.74) is 2.35. The SMILES string of the molecule is CCCNC(=O)C1CN(C(=O)CC)CC1c1ccc(C)cc1. The highest BCUT2D eigenvalue weighted by Gasteiger charge is 2.39. The van der Waals surface area contributed by atoms with Crippen LogP contribution in [-0.4, -0.2) is 36.3 Å². The summed E-state index contributed by atoms with van der Waals surface area (Å²) in [4.78, 5) is 26.3. The number of aryl methyl sites for hydroxylation is 1. The summed E-state index contributed by atoms with van der Waals surface area (Å²) in [5.74, 6) is 0.138. The van der Waals surface area contributed by atoms with E-state index in [-0.39, 0.29) is 23.7 Å². The van der Waals surface area contributed by atoms with Gasteiger partial charge < -0.3 is 10.2 Å². The van der Waals surface area contributed by atoms with Crippen LogP contribution in [-0.2, 0) is 9.59 Å². The third kappa shape index (κ3) is 3.67. The molecule has 0 radical (unpaired) electrons. The Morgan fingerprint density at radius 3 is 2.45 bits per heavy atom. The van der Waals surface area contributed by atoms with Gasteiger partial charge in [0.15, 0.2) is 0 Å². The highest BCUT2D eigenvalue weighted by atomic mass is 16.2. The summed E-state index contributed by atoms with van der Waals surface area (Å²) in [5, 5.41) is 2.99. The lowest BCUT2D eigenvalue weighted by Crippen LogP contribution is -2.35. The summed E-state index contributed by atoms with van der Waals surface area (Å²) in [6.07, 6.45) is 1.41. The van der Waals surface area contributed by atoms with E-state index >= 15 is 0 Å². The van der Waals surface area contributed by atoms with E-state index in [0.29, 0.717) is 26.1 Å². The van der Waals surface area contributed by atoms with Crippen LogP contribution in [0.15, 0.2) is 24.3 Å². The van der Waals surface area contributed by atoms with E-state index in [1.54, 1.807) is 0 Å². The molecule has 22 heavy (non-hydrogen) atoms. The van der Waals surface area contributed by atoms with Crippen molar-refractivity contribution in [3.05, 3.63) is 35.4 Å². The van der Waals surface area contributed by atoms with Crippen LogP contribution in [0.2, 0.25) is 0 Å². The predicted molar refractivity (Wildman–Crippen MR) is 87.6 cm³/mol. The van der Waals surface area contributed by atoms with Crippen molar-refractivity contribution in [1.82, 2.24) is 10.2 Å². The Morgan fingerprint density at radius 2 is 1.86 bits per heavy atom. The molecule has 1 aromatic rings. The Morgan fingerprint density at radius 1 is 1.18 bits per heavy atom. The minimum Gasteiger partial charge on any atom is -0.356 e. The fourth-order valence-corrected chi connectivity index (χ4v) is 3.03. The van der Waals surface area contributed by atoms with Gasteiger partial charge in [0.1, 0.15) is 0 Å². The molecule has 0 aliphatic carbocycles. The molecule has 1 aromatic carbocycles. The quantitative estimate of drug-likeness (QED) is 0.908. The molecule has 1 heterocycles. The van der Waals surface area contributed by atoms with Crippen molar-refractivity contribution >= 4 is 11.8 Å². The molecular formula is C18H26N2O2. The Balaban J connectivity index is 2.20. The number of likely N-dealkylation sites (tertiary alicyclic amines) is 1. The standard InChI is InChI=1S/C18H26N2O2/c1-4-10-19-18(22)16-12-20(17(21)5-2)11-15(16)14-8-6-13(3)7-9-14/h6-9,15-16H,4-5,10-12H2,1-3H3,(H,19,22). The first kappa shape index (κ1) is 16.5. The molecule has 1 aliphatic heterocycles. The molecule has 0 spiro atoms. The monoisotopic (exact) mass is 302 g/mol. The highest BCUT2D eigenvalue weighted by molar-refractivity contribution is 5.83. The Bertz CT molecular complexity index is 524. The van der Waals surface area contributed by atoms with Crippen LogP contribution >= 0.6 is 0 Å². The first-order valence-corrected chi connectivity index (χ1v) is 8.18. The number of nitrogens with zero attached hydrogens (tertiary/aromatic N) is 1. The van der Waals surface area contributed by atoms with Gasteiger partial charge in [-0.15, -0.1) is 0 Å². The number of benzene rings is 1. The lowest BCUT2D eigenvalue weighted by atomic mass is 9.88. The zero-order valence-corrected chi connectivity index (χ0v) is 13.8. The number of carbonyl (C=O) groups is 2. The minimum absolute atomic E-state index is 0.0684. The lowest BCUT2D eigenvalue weighted by molar-refractivity contribution is -0.130. The smallest absolute Gasteiger partial charge is 0.225 e. The van der Waals surface area contributed by atoms with E-state index in [2.05, 4.69) is 36.5 Å². The van der Waals surface area contributed by atoms with Gasteiger partial charge in [0, 0.05) is 32.0 Å². The maximum atomic E-state index is 12.5. The van der Waals surface area contributed by atoms with Gasteiger partial charge in [-0.2, -0.15) is 0 Å². The van der Waals surface area contributed by atoms with Crippen molar-refractivity contribution in [2.24, 2.45) is 5.92 Å². The van der Waals surface area contributed by atoms with Gasteiger partial charge in [-0.25, -0.2) is 0 Å².